The molecule has 2 nitrogen and oxygen atoms in total. The summed E-state index contributed by atoms with van der Waals surface area (Å²) in [5.74, 6) is 0. The molecule has 0 aromatic heterocycles. The van der Waals surface area contributed by atoms with Crippen LogP contribution in [0.1, 0.15) is 65.5 Å². The van der Waals surface area contributed by atoms with Gasteiger partial charge in [0.05, 0.1) is 0 Å². The Bertz CT molecular complexity index is 2450. The van der Waals surface area contributed by atoms with E-state index >= 15 is 0 Å². The quantitative estimate of drug-likeness (QED) is 0.121. The van der Waals surface area contributed by atoms with Crippen LogP contribution in [0.25, 0.3) is 11.1 Å². The van der Waals surface area contributed by atoms with E-state index in [1.807, 2.05) is 24.3 Å². The molecule has 9 rings (SSSR count). The maximum Gasteiger partial charge on any atom is 0.0456 e. The van der Waals surface area contributed by atoms with Crippen LogP contribution in [0.5, 0.6) is 0 Å². The third-order valence-corrected chi connectivity index (χ3v) is 12.7. The lowest BCUT2D eigenvalue weighted by Gasteiger charge is -2.39. The topological polar surface area (TPSA) is 6.48 Å². The predicted octanol–water partition coefficient (Wildman–Crippen LogP) is 16.7. The molecule has 1 aliphatic rings. The minimum atomic E-state index is -0.102. The zero-order valence-electron chi connectivity index (χ0n) is 34.6. The first-order chi connectivity index (χ1) is 30.5. The molecular formula is C58H48Cl2N2. The molecule has 0 N–H and O–H groups in total. The lowest BCUT2D eigenvalue weighted by Crippen LogP contribution is -2.30. The average molecular weight is 844 g/mol. The third kappa shape index (κ3) is 9.04. The Hall–Kier alpha value is -6.58. The van der Waals surface area contributed by atoms with Crippen molar-refractivity contribution in [1.29, 1.82) is 0 Å². The summed E-state index contributed by atoms with van der Waals surface area (Å²) in [6, 6.07) is 77.3. The van der Waals surface area contributed by atoms with Gasteiger partial charge in [0.2, 0.25) is 0 Å². The number of rotatable bonds is 12. The van der Waals surface area contributed by atoms with Crippen molar-refractivity contribution in [3.63, 3.8) is 0 Å². The minimum absolute atomic E-state index is 0.102. The van der Waals surface area contributed by atoms with E-state index in [1.54, 1.807) is 0 Å². The monoisotopic (exact) mass is 842 g/mol. The number of benzene rings is 8. The van der Waals surface area contributed by atoms with Crippen molar-refractivity contribution in [1.82, 2.24) is 0 Å². The van der Waals surface area contributed by atoms with Crippen LogP contribution in [-0.2, 0) is 5.41 Å². The van der Waals surface area contributed by atoms with Crippen LogP contribution >= 0.6 is 23.2 Å². The van der Waals surface area contributed by atoms with Gasteiger partial charge in [0, 0.05) is 61.8 Å². The summed E-state index contributed by atoms with van der Waals surface area (Å²) in [6.07, 6.45) is 10.4. The molecule has 0 amide bonds. The molecule has 0 aliphatic heterocycles. The largest absolute Gasteiger partial charge is 0.317 e. The molecule has 0 heterocycles. The SMILES string of the molecule is Clc1ccc(N(C=C(c2ccccc2)c2ccccc2)c2ccc(C3(c4ccc(N(C=C(c5ccccc5)c5ccccc5)c5ccc(Cl)cc5)cc4)CCCCC3)cc2)cc1. The van der Waals surface area contributed by atoms with Gasteiger partial charge in [-0.15, -0.1) is 0 Å². The second kappa shape index (κ2) is 19.0. The molecule has 0 bridgehead atoms. The summed E-state index contributed by atoms with van der Waals surface area (Å²) in [7, 11) is 0. The fraction of sp³-hybridized carbons (Fsp3) is 0.103. The Morgan fingerprint density at radius 2 is 0.613 bits per heavy atom. The van der Waals surface area contributed by atoms with Crippen LogP contribution < -0.4 is 9.80 Å². The van der Waals surface area contributed by atoms with E-state index in [2.05, 4.69) is 216 Å². The second-order valence-electron chi connectivity index (χ2n) is 16.0. The smallest absolute Gasteiger partial charge is 0.0456 e. The van der Waals surface area contributed by atoms with Crippen molar-refractivity contribution in [3.05, 3.63) is 274 Å². The van der Waals surface area contributed by atoms with E-state index < -0.39 is 0 Å². The van der Waals surface area contributed by atoms with E-state index in [9.17, 15) is 0 Å². The molecule has 304 valence electrons. The van der Waals surface area contributed by atoms with Gasteiger partial charge in [-0.1, -0.05) is 188 Å². The minimum Gasteiger partial charge on any atom is -0.317 e. The van der Waals surface area contributed by atoms with Crippen molar-refractivity contribution in [2.24, 2.45) is 0 Å². The number of nitrogens with zero attached hydrogens (tertiary/aromatic N) is 2. The van der Waals surface area contributed by atoms with E-state index in [0.29, 0.717) is 10.0 Å². The normalized spacial score (nSPS) is 13.1. The molecule has 0 unspecified atom stereocenters. The highest BCUT2D eigenvalue weighted by Gasteiger charge is 2.36. The number of halogens is 2. The molecule has 8 aromatic rings. The van der Waals surface area contributed by atoms with Crippen LogP contribution in [0.15, 0.2) is 231 Å². The maximum absolute atomic E-state index is 6.43. The molecule has 1 aliphatic carbocycles. The third-order valence-electron chi connectivity index (χ3n) is 12.2. The number of anilines is 4. The molecule has 4 heteroatoms. The van der Waals surface area contributed by atoms with Crippen molar-refractivity contribution >= 4 is 57.1 Å². The van der Waals surface area contributed by atoms with Crippen molar-refractivity contribution in [2.45, 2.75) is 37.5 Å². The zero-order valence-corrected chi connectivity index (χ0v) is 36.1. The molecule has 1 saturated carbocycles. The van der Waals surface area contributed by atoms with Gasteiger partial charge < -0.3 is 9.80 Å². The van der Waals surface area contributed by atoms with Gasteiger partial charge in [0.1, 0.15) is 0 Å². The lowest BCUT2D eigenvalue weighted by molar-refractivity contribution is 0.346. The Balaban J connectivity index is 1.10. The summed E-state index contributed by atoms with van der Waals surface area (Å²) in [5.41, 5.74) is 13.7. The van der Waals surface area contributed by atoms with E-state index in [-0.39, 0.29) is 5.41 Å². The fourth-order valence-corrected chi connectivity index (χ4v) is 9.19. The van der Waals surface area contributed by atoms with Gasteiger partial charge in [-0.2, -0.15) is 0 Å². The first-order valence-electron chi connectivity index (χ1n) is 21.5. The maximum atomic E-state index is 6.43. The zero-order chi connectivity index (χ0) is 42.1. The number of hydrogen-bond acceptors (Lipinski definition) is 2. The summed E-state index contributed by atoms with van der Waals surface area (Å²) in [5, 5.41) is 1.43. The summed E-state index contributed by atoms with van der Waals surface area (Å²) < 4.78 is 0. The first-order valence-corrected chi connectivity index (χ1v) is 22.3. The van der Waals surface area contributed by atoms with Gasteiger partial charge in [-0.05, 0) is 119 Å². The molecular weight excluding hydrogens is 796 g/mol. The van der Waals surface area contributed by atoms with Crippen LogP contribution in [0, 0.1) is 0 Å². The average Bonchev–Trinajstić information content (AvgIpc) is 3.34. The molecule has 0 spiro atoms. The highest BCUT2D eigenvalue weighted by atomic mass is 35.5. The van der Waals surface area contributed by atoms with E-state index in [1.165, 1.54) is 30.4 Å². The molecule has 8 aromatic carbocycles. The fourth-order valence-electron chi connectivity index (χ4n) is 8.94. The summed E-state index contributed by atoms with van der Waals surface area (Å²) >= 11 is 12.9. The van der Waals surface area contributed by atoms with Gasteiger partial charge in [-0.25, -0.2) is 0 Å². The van der Waals surface area contributed by atoms with Gasteiger partial charge in [0.25, 0.3) is 0 Å². The molecule has 0 radical (unpaired) electrons. The van der Waals surface area contributed by atoms with Crippen LogP contribution in [0.4, 0.5) is 22.7 Å². The van der Waals surface area contributed by atoms with Gasteiger partial charge in [0.15, 0.2) is 0 Å². The first kappa shape index (κ1) is 40.8. The molecule has 62 heavy (non-hydrogen) atoms. The van der Waals surface area contributed by atoms with E-state index in [4.69, 9.17) is 23.2 Å². The van der Waals surface area contributed by atoms with Crippen molar-refractivity contribution < 1.29 is 0 Å². The van der Waals surface area contributed by atoms with Gasteiger partial charge in [-0.3, -0.25) is 0 Å². The Kier molecular flexibility index (Phi) is 12.5. The Morgan fingerprint density at radius 3 is 0.903 bits per heavy atom. The predicted molar refractivity (Wildman–Crippen MR) is 264 cm³/mol. The van der Waals surface area contributed by atoms with Gasteiger partial charge >= 0.3 is 0 Å². The highest BCUT2D eigenvalue weighted by Crippen LogP contribution is 2.46. The second-order valence-corrected chi connectivity index (χ2v) is 16.9. The summed E-state index contributed by atoms with van der Waals surface area (Å²) in [4.78, 5) is 4.57. The number of hydrogen-bond donors (Lipinski definition) is 0. The Morgan fingerprint density at radius 1 is 0.339 bits per heavy atom. The van der Waals surface area contributed by atoms with Crippen LogP contribution in [-0.4, -0.2) is 0 Å². The van der Waals surface area contributed by atoms with Crippen molar-refractivity contribution in [2.75, 3.05) is 9.80 Å². The Labute approximate surface area is 376 Å². The summed E-state index contributed by atoms with van der Waals surface area (Å²) in [6.45, 7) is 0. The van der Waals surface area contributed by atoms with Crippen LogP contribution in [0.3, 0.4) is 0 Å². The standard InChI is InChI=1S/C58H48Cl2N2/c59-50-28-36-54(37-29-50)61(42-56(44-16-6-1-7-17-44)45-18-8-2-9-19-45)52-32-24-48(25-33-52)58(40-14-5-15-41-58)49-26-34-53(35-27-49)62(55-38-30-51(60)31-39-55)43-57(46-20-10-3-11-21-46)47-22-12-4-13-23-47/h1-4,6-13,16-39,42-43H,5,14-15,40-41H2. The highest BCUT2D eigenvalue weighted by molar-refractivity contribution is 6.31. The lowest BCUT2D eigenvalue weighted by atomic mass is 9.65. The van der Waals surface area contributed by atoms with Crippen molar-refractivity contribution in [3.8, 4) is 0 Å². The van der Waals surface area contributed by atoms with Crippen LogP contribution in [0.2, 0.25) is 10.0 Å². The molecule has 0 atom stereocenters. The molecule has 1 fully saturated rings. The molecule has 0 saturated heterocycles. The van der Waals surface area contributed by atoms with E-state index in [0.717, 1.165) is 69.0 Å².